The Morgan fingerprint density at radius 2 is 2.00 bits per heavy atom. The van der Waals surface area contributed by atoms with Crippen LogP contribution >= 0.6 is 0 Å². The van der Waals surface area contributed by atoms with Gasteiger partial charge in [0.1, 0.15) is 11.3 Å². The van der Waals surface area contributed by atoms with Gasteiger partial charge in [-0.25, -0.2) is 4.98 Å². The van der Waals surface area contributed by atoms with Crippen LogP contribution in [0, 0.1) is 6.92 Å². The molecule has 0 saturated heterocycles. The average molecular weight is 294 g/mol. The lowest BCUT2D eigenvalue weighted by Gasteiger charge is -2.17. The Morgan fingerprint density at radius 1 is 1.23 bits per heavy atom. The van der Waals surface area contributed by atoms with Gasteiger partial charge in [-0.1, -0.05) is 6.07 Å². The zero-order chi connectivity index (χ0) is 15.5. The molecule has 3 aromatic rings. The molecule has 1 amide bonds. The molecule has 0 spiro atoms. The molecule has 0 saturated carbocycles. The second-order valence-electron chi connectivity index (χ2n) is 5.36. The SMILES string of the molecule is Cc1nc2c(C(=O)N(C)CCc3ccncc3)cccc2[nH]1. The summed E-state index contributed by atoms with van der Waals surface area (Å²) in [5.41, 5.74) is 3.44. The third kappa shape index (κ3) is 2.83. The van der Waals surface area contributed by atoms with Crippen molar-refractivity contribution in [2.75, 3.05) is 13.6 Å². The monoisotopic (exact) mass is 294 g/mol. The summed E-state index contributed by atoms with van der Waals surface area (Å²) in [4.78, 5) is 26.0. The van der Waals surface area contributed by atoms with Crippen molar-refractivity contribution in [1.82, 2.24) is 19.9 Å². The summed E-state index contributed by atoms with van der Waals surface area (Å²) < 4.78 is 0. The van der Waals surface area contributed by atoms with Gasteiger partial charge in [0.2, 0.25) is 0 Å². The van der Waals surface area contributed by atoms with Gasteiger partial charge in [-0.3, -0.25) is 9.78 Å². The van der Waals surface area contributed by atoms with Crippen LogP contribution in [0.2, 0.25) is 0 Å². The Labute approximate surface area is 129 Å². The largest absolute Gasteiger partial charge is 0.342 e. The van der Waals surface area contributed by atoms with Gasteiger partial charge < -0.3 is 9.88 Å². The minimum Gasteiger partial charge on any atom is -0.342 e. The number of nitrogens with zero attached hydrogens (tertiary/aromatic N) is 3. The molecule has 5 heteroatoms. The van der Waals surface area contributed by atoms with Crippen LogP contribution in [0.5, 0.6) is 0 Å². The number of pyridine rings is 1. The normalized spacial score (nSPS) is 10.8. The molecule has 0 aliphatic heterocycles. The predicted octanol–water partition coefficient (Wildman–Crippen LogP) is 2.58. The Kier molecular flexibility index (Phi) is 3.87. The van der Waals surface area contributed by atoms with E-state index in [1.807, 2.05) is 44.3 Å². The number of para-hydroxylation sites is 1. The van der Waals surface area contributed by atoms with Gasteiger partial charge in [0, 0.05) is 26.0 Å². The molecule has 0 aliphatic carbocycles. The molecule has 2 heterocycles. The number of aryl methyl sites for hydroxylation is 1. The molecule has 3 rings (SSSR count). The van der Waals surface area contributed by atoms with E-state index in [1.54, 1.807) is 17.3 Å². The number of H-pyrrole nitrogens is 1. The van der Waals surface area contributed by atoms with Crippen LogP contribution in [0.3, 0.4) is 0 Å². The molecule has 1 aromatic carbocycles. The number of carbonyl (C=O) groups excluding carboxylic acids is 1. The van der Waals surface area contributed by atoms with E-state index in [9.17, 15) is 4.79 Å². The number of imidazole rings is 1. The number of fused-ring (bicyclic) bond motifs is 1. The first-order chi connectivity index (χ1) is 10.6. The molecule has 0 fully saturated rings. The van der Waals surface area contributed by atoms with Crippen LogP contribution < -0.4 is 0 Å². The summed E-state index contributed by atoms with van der Waals surface area (Å²) in [6, 6.07) is 9.58. The molecule has 0 unspecified atom stereocenters. The van der Waals surface area contributed by atoms with Crippen LogP contribution in [-0.4, -0.2) is 39.4 Å². The van der Waals surface area contributed by atoms with E-state index in [1.165, 1.54) is 5.56 Å². The Balaban J connectivity index is 1.77. The van der Waals surface area contributed by atoms with E-state index in [4.69, 9.17) is 0 Å². The van der Waals surface area contributed by atoms with Gasteiger partial charge in [0.25, 0.3) is 5.91 Å². The summed E-state index contributed by atoms with van der Waals surface area (Å²) in [6.45, 7) is 2.55. The highest BCUT2D eigenvalue weighted by atomic mass is 16.2. The topological polar surface area (TPSA) is 61.9 Å². The van der Waals surface area contributed by atoms with Gasteiger partial charge in [-0.15, -0.1) is 0 Å². The Bertz CT molecular complexity index is 795. The molecule has 0 bridgehead atoms. The number of rotatable bonds is 4. The smallest absolute Gasteiger partial charge is 0.255 e. The van der Waals surface area contributed by atoms with E-state index >= 15 is 0 Å². The lowest BCUT2D eigenvalue weighted by Crippen LogP contribution is -2.29. The van der Waals surface area contributed by atoms with Crippen molar-refractivity contribution in [1.29, 1.82) is 0 Å². The van der Waals surface area contributed by atoms with E-state index in [2.05, 4.69) is 15.0 Å². The van der Waals surface area contributed by atoms with Gasteiger partial charge in [0.15, 0.2) is 0 Å². The fraction of sp³-hybridized carbons (Fsp3) is 0.235. The lowest BCUT2D eigenvalue weighted by atomic mass is 10.1. The van der Waals surface area contributed by atoms with E-state index in [0.717, 1.165) is 23.3 Å². The summed E-state index contributed by atoms with van der Waals surface area (Å²) >= 11 is 0. The third-order valence-electron chi connectivity index (χ3n) is 3.69. The van der Waals surface area contributed by atoms with E-state index < -0.39 is 0 Å². The summed E-state index contributed by atoms with van der Waals surface area (Å²) in [5.74, 6) is 0.806. The molecular formula is C17H18N4O. The highest BCUT2D eigenvalue weighted by Crippen LogP contribution is 2.18. The number of aromatic nitrogens is 3. The third-order valence-corrected chi connectivity index (χ3v) is 3.69. The number of benzene rings is 1. The van der Waals surface area contributed by atoms with Crippen molar-refractivity contribution < 1.29 is 4.79 Å². The molecule has 112 valence electrons. The fourth-order valence-corrected chi connectivity index (χ4v) is 2.48. The van der Waals surface area contributed by atoms with Crippen LogP contribution in [-0.2, 0) is 6.42 Å². The minimum atomic E-state index is -0.00819. The Morgan fingerprint density at radius 3 is 2.77 bits per heavy atom. The Hall–Kier alpha value is -2.69. The van der Waals surface area contributed by atoms with Crippen LogP contribution in [0.1, 0.15) is 21.7 Å². The van der Waals surface area contributed by atoms with Gasteiger partial charge in [-0.2, -0.15) is 0 Å². The van der Waals surface area contributed by atoms with Gasteiger partial charge >= 0.3 is 0 Å². The number of likely N-dealkylation sites (N-methyl/N-ethyl adjacent to an activating group) is 1. The molecule has 1 N–H and O–H groups in total. The standard InChI is InChI=1S/C17H18N4O/c1-12-19-15-5-3-4-14(16(15)20-12)17(22)21(2)11-8-13-6-9-18-10-7-13/h3-7,9-10H,8,11H2,1-2H3,(H,19,20). The molecule has 0 atom stereocenters. The summed E-state index contributed by atoms with van der Waals surface area (Å²) in [6.07, 6.45) is 4.34. The molecular weight excluding hydrogens is 276 g/mol. The number of amides is 1. The van der Waals surface area contributed by atoms with Crippen molar-refractivity contribution in [3.8, 4) is 0 Å². The fourth-order valence-electron chi connectivity index (χ4n) is 2.48. The number of nitrogens with one attached hydrogen (secondary N) is 1. The van der Waals surface area contributed by atoms with Gasteiger partial charge in [-0.05, 0) is 43.2 Å². The van der Waals surface area contributed by atoms with E-state index in [-0.39, 0.29) is 5.91 Å². The number of carbonyl (C=O) groups is 1. The first-order valence-electron chi connectivity index (χ1n) is 7.25. The van der Waals surface area contributed by atoms with Crippen molar-refractivity contribution in [2.45, 2.75) is 13.3 Å². The second kappa shape index (κ2) is 5.97. The predicted molar refractivity (Wildman–Crippen MR) is 85.7 cm³/mol. The molecule has 0 aliphatic rings. The second-order valence-corrected chi connectivity index (χ2v) is 5.36. The van der Waals surface area contributed by atoms with Crippen LogP contribution in [0.15, 0.2) is 42.7 Å². The van der Waals surface area contributed by atoms with Crippen LogP contribution in [0.25, 0.3) is 11.0 Å². The number of aromatic amines is 1. The quantitative estimate of drug-likeness (QED) is 0.804. The first-order valence-corrected chi connectivity index (χ1v) is 7.25. The summed E-state index contributed by atoms with van der Waals surface area (Å²) in [5, 5.41) is 0. The molecule has 2 aromatic heterocycles. The highest BCUT2D eigenvalue weighted by Gasteiger charge is 2.16. The van der Waals surface area contributed by atoms with Crippen LogP contribution in [0.4, 0.5) is 0 Å². The van der Waals surface area contributed by atoms with E-state index in [0.29, 0.717) is 12.1 Å². The average Bonchev–Trinajstić information content (AvgIpc) is 2.93. The van der Waals surface area contributed by atoms with Gasteiger partial charge in [0.05, 0.1) is 11.1 Å². The summed E-state index contributed by atoms with van der Waals surface area (Å²) in [7, 11) is 1.82. The zero-order valence-corrected chi connectivity index (χ0v) is 12.7. The maximum atomic E-state index is 12.6. The first kappa shape index (κ1) is 14.3. The molecule has 0 radical (unpaired) electrons. The zero-order valence-electron chi connectivity index (χ0n) is 12.7. The molecule has 5 nitrogen and oxygen atoms in total. The molecule has 22 heavy (non-hydrogen) atoms. The maximum absolute atomic E-state index is 12.6. The van der Waals surface area contributed by atoms with Crippen molar-refractivity contribution in [2.24, 2.45) is 0 Å². The highest BCUT2D eigenvalue weighted by molar-refractivity contribution is 6.04. The number of hydrogen-bond donors (Lipinski definition) is 1. The van der Waals surface area contributed by atoms with Crippen molar-refractivity contribution in [3.63, 3.8) is 0 Å². The lowest BCUT2D eigenvalue weighted by molar-refractivity contribution is 0.0798. The maximum Gasteiger partial charge on any atom is 0.255 e. The number of hydrogen-bond acceptors (Lipinski definition) is 3. The van der Waals surface area contributed by atoms with Crippen molar-refractivity contribution >= 4 is 16.9 Å². The van der Waals surface area contributed by atoms with Crippen molar-refractivity contribution in [3.05, 3.63) is 59.7 Å². The minimum absolute atomic E-state index is 0.00819.